The molecule has 0 aliphatic carbocycles. The van der Waals surface area contributed by atoms with Crippen molar-refractivity contribution in [3.63, 3.8) is 0 Å². The average molecular weight is 310 g/mol. The molecule has 1 amide bonds. The number of likely N-dealkylation sites (tertiary alicyclic amines) is 1. The number of fused-ring (bicyclic) bond motifs is 1. The summed E-state index contributed by atoms with van der Waals surface area (Å²) in [6.07, 6.45) is 6.32. The number of carbonyl (C=O) groups excluding carboxylic acids is 1. The van der Waals surface area contributed by atoms with Gasteiger partial charge < -0.3 is 10.2 Å². The Bertz CT molecular complexity index is 714. The molecule has 1 spiro atoms. The fraction of sp³-hybridized carbons (Fsp3) is 0.500. The van der Waals surface area contributed by atoms with E-state index in [1.807, 2.05) is 29.2 Å². The monoisotopic (exact) mass is 310 g/mol. The molecule has 3 heterocycles. The van der Waals surface area contributed by atoms with E-state index >= 15 is 0 Å². The lowest BCUT2D eigenvalue weighted by Gasteiger charge is -2.44. The molecular weight excluding hydrogens is 288 g/mol. The molecule has 2 aliphatic heterocycles. The zero-order chi connectivity index (χ0) is 15.7. The minimum atomic E-state index is 0.0204. The van der Waals surface area contributed by atoms with Gasteiger partial charge in [0, 0.05) is 13.1 Å². The third kappa shape index (κ3) is 2.81. The van der Waals surface area contributed by atoms with Crippen molar-refractivity contribution in [3.8, 4) is 0 Å². The second-order valence-corrected chi connectivity index (χ2v) is 6.79. The quantitative estimate of drug-likeness (QED) is 0.877. The molecule has 120 valence electrons. The summed E-state index contributed by atoms with van der Waals surface area (Å²) in [5.41, 5.74) is 2.53. The third-order valence-corrected chi connectivity index (χ3v) is 5.44. The molecule has 23 heavy (non-hydrogen) atoms. The molecule has 2 aromatic rings. The summed E-state index contributed by atoms with van der Waals surface area (Å²) in [5.74, 6) is 0.0204. The number of rotatable bonds is 1. The van der Waals surface area contributed by atoms with E-state index in [1.54, 1.807) is 6.20 Å². The third-order valence-electron chi connectivity index (χ3n) is 5.44. The van der Waals surface area contributed by atoms with E-state index in [-0.39, 0.29) is 5.91 Å². The van der Waals surface area contributed by atoms with E-state index in [1.165, 1.54) is 12.8 Å². The van der Waals surface area contributed by atoms with E-state index in [9.17, 15) is 4.79 Å². The van der Waals surface area contributed by atoms with Crippen molar-refractivity contribution in [2.45, 2.75) is 25.7 Å². The van der Waals surface area contributed by atoms with Crippen LogP contribution >= 0.6 is 0 Å². The molecule has 2 aliphatic rings. The molecule has 2 saturated heterocycles. The van der Waals surface area contributed by atoms with Gasteiger partial charge in [0.25, 0.3) is 5.91 Å². The molecule has 1 aromatic heterocycles. The van der Waals surface area contributed by atoms with Gasteiger partial charge in [-0.25, -0.2) is 4.98 Å². The standard InChI is InChI=1S/C18H22N4O/c23-17(16-13-20-14-3-1-2-4-15(14)21-16)22-11-7-18(8-12-22)5-9-19-10-6-18/h1-4,13,19H,5-12H2. The predicted molar refractivity (Wildman–Crippen MR) is 89.2 cm³/mol. The molecule has 5 heteroatoms. The minimum absolute atomic E-state index is 0.0204. The number of hydrogen-bond donors (Lipinski definition) is 1. The van der Waals surface area contributed by atoms with Crippen LogP contribution in [-0.2, 0) is 0 Å². The second-order valence-electron chi connectivity index (χ2n) is 6.79. The van der Waals surface area contributed by atoms with Crippen LogP contribution in [0.15, 0.2) is 30.5 Å². The Labute approximate surface area is 136 Å². The number of hydrogen-bond acceptors (Lipinski definition) is 4. The second kappa shape index (κ2) is 5.89. The Morgan fingerprint density at radius 2 is 1.74 bits per heavy atom. The van der Waals surface area contributed by atoms with Crippen molar-refractivity contribution < 1.29 is 4.79 Å². The molecule has 1 aromatic carbocycles. The molecule has 2 fully saturated rings. The maximum absolute atomic E-state index is 12.7. The van der Waals surface area contributed by atoms with Gasteiger partial charge in [-0.2, -0.15) is 0 Å². The summed E-state index contributed by atoms with van der Waals surface area (Å²) < 4.78 is 0. The number of carbonyl (C=O) groups is 1. The first-order chi connectivity index (χ1) is 11.3. The Hall–Kier alpha value is -2.01. The highest BCUT2D eigenvalue weighted by Crippen LogP contribution is 2.39. The number of amides is 1. The smallest absolute Gasteiger partial charge is 0.274 e. The Morgan fingerprint density at radius 1 is 1.04 bits per heavy atom. The van der Waals surface area contributed by atoms with Gasteiger partial charge in [0.1, 0.15) is 5.69 Å². The van der Waals surface area contributed by atoms with E-state index in [0.717, 1.165) is 50.1 Å². The van der Waals surface area contributed by atoms with E-state index in [2.05, 4.69) is 15.3 Å². The van der Waals surface area contributed by atoms with Crippen molar-refractivity contribution in [2.24, 2.45) is 5.41 Å². The van der Waals surface area contributed by atoms with Crippen LogP contribution in [0.25, 0.3) is 11.0 Å². The number of piperidine rings is 2. The van der Waals surface area contributed by atoms with Gasteiger partial charge in [-0.3, -0.25) is 9.78 Å². The molecule has 0 radical (unpaired) electrons. The van der Waals surface area contributed by atoms with Gasteiger partial charge in [0.05, 0.1) is 17.2 Å². The molecule has 0 saturated carbocycles. The first-order valence-electron chi connectivity index (χ1n) is 8.48. The Kier molecular flexibility index (Phi) is 3.73. The highest BCUT2D eigenvalue weighted by atomic mass is 16.2. The first kappa shape index (κ1) is 14.6. The Balaban J connectivity index is 1.48. The maximum Gasteiger partial charge on any atom is 0.274 e. The van der Waals surface area contributed by atoms with Crippen LogP contribution in [0.2, 0.25) is 0 Å². The van der Waals surface area contributed by atoms with Crippen LogP contribution in [0.1, 0.15) is 36.2 Å². The zero-order valence-electron chi connectivity index (χ0n) is 13.3. The SMILES string of the molecule is O=C(c1cnc2ccccc2n1)N1CCC2(CCNCC2)CC1. The number of aromatic nitrogens is 2. The van der Waals surface area contributed by atoms with Crippen LogP contribution in [0.5, 0.6) is 0 Å². The zero-order valence-corrected chi connectivity index (χ0v) is 13.3. The molecule has 0 bridgehead atoms. The van der Waals surface area contributed by atoms with Crippen LogP contribution in [0, 0.1) is 5.41 Å². The molecule has 1 N–H and O–H groups in total. The van der Waals surface area contributed by atoms with Gasteiger partial charge in [0.15, 0.2) is 0 Å². The Morgan fingerprint density at radius 3 is 2.48 bits per heavy atom. The molecule has 0 atom stereocenters. The van der Waals surface area contributed by atoms with Crippen LogP contribution < -0.4 is 5.32 Å². The number of nitrogens with one attached hydrogen (secondary N) is 1. The lowest BCUT2D eigenvalue weighted by Crippen LogP contribution is -2.47. The van der Waals surface area contributed by atoms with E-state index in [4.69, 9.17) is 0 Å². The lowest BCUT2D eigenvalue weighted by molar-refractivity contribution is 0.0491. The van der Waals surface area contributed by atoms with E-state index < -0.39 is 0 Å². The van der Waals surface area contributed by atoms with Crippen molar-refractivity contribution in [1.82, 2.24) is 20.2 Å². The minimum Gasteiger partial charge on any atom is -0.337 e. The summed E-state index contributed by atoms with van der Waals surface area (Å²) in [5, 5.41) is 3.43. The van der Waals surface area contributed by atoms with Crippen LogP contribution in [0.4, 0.5) is 0 Å². The first-order valence-corrected chi connectivity index (χ1v) is 8.48. The van der Waals surface area contributed by atoms with Crippen LogP contribution in [-0.4, -0.2) is 47.0 Å². The fourth-order valence-corrected chi connectivity index (χ4v) is 3.86. The number of nitrogens with zero attached hydrogens (tertiary/aromatic N) is 3. The summed E-state index contributed by atoms with van der Waals surface area (Å²) in [7, 11) is 0. The molecule has 0 unspecified atom stereocenters. The molecule has 4 rings (SSSR count). The number of benzene rings is 1. The fourth-order valence-electron chi connectivity index (χ4n) is 3.86. The predicted octanol–water partition coefficient (Wildman–Crippen LogP) is 2.24. The van der Waals surface area contributed by atoms with Gasteiger partial charge in [-0.1, -0.05) is 12.1 Å². The van der Waals surface area contributed by atoms with E-state index in [0.29, 0.717) is 11.1 Å². The van der Waals surface area contributed by atoms with Crippen LogP contribution in [0.3, 0.4) is 0 Å². The normalized spacial score (nSPS) is 20.8. The summed E-state index contributed by atoms with van der Waals surface area (Å²) in [6.45, 7) is 3.91. The highest BCUT2D eigenvalue weighted by molar-refractivity contribution is 5.93. The van der Waals surface area contributed by atoms with Gasteiger partial charge in [-0.05, 0) is 56.3 Å². The largest absolute Gasteiger partial charge is 0.337 e. The van der Waals surface area contributed by atoms with Crippen molar-refractivity contribution in [3.05, 3.63) is 36.2 Å². The topological polar surface area (TPSA) is 58.1 Å². The summed E-state index contributed by atoms with van der Waals surface area (Å²) >= 11 is 0. The van der Waals surface area contributed by atoms with Crippen molar-refractivity contribution in [2.75, 3.05) is 26.2 Å². The van der Waals surface area contributed by atoms with Gasteiger partial charge in [0.2, 0.25) is 0 Å². The summed E-state index contributed by atoms with van der Waals surface area (Å²) in [4.78, 5) is 23.5. The van der Waals surface area contributed by atoms with Crippen molar-refractivity contribution in [1.29, 1.82) is 0 Å². The van der Waals surface area contributed by atoms with Gasteiger partial charge in [-0.15, -0.1) is 0 Å². The number of para-hydroxylation sites is 2. The van der Waals surface area contributed by atoms with Crippen molar-refractivity contribution >= 4 is 16.9 Å². The average Bonchev–Trinajstić information content (AvgIpc) is 2.62. The summed E-state index contributed by atoms with van der Waals surface area (Å²) in [6, 6.07) is 7.67. The maximum atomic E-state index is 12.7. The highest BCUT2D eigenvalue weighted by Gasteiger charge is 2.37. The lowest BCUT2D eigenvalue weighted by atomic mass is 9.71. The van der Waals surface area contributed by atoms with Gasteiger partial charge >= 0.3 is 0 Å². The molecule has 5 nitrogen and oxygen atoms in total. The molecular formula is C18H22N4O.